The van der Waals surface area contributed by atoms with Crippen LogP contribution in [0.1, 0.15) is 6.92 Å². The van der Waals surface area contributed by atoms with Crippen LogP contribution in [0.25, 0.3) is 0 Å². The van der Waals surface area contributed by atoms with Crippen molar-refractivity contribution >= 4 is 49.0 Å². The van der Waals surface area contributed by atoms with Crippen LogP contribution in [-0.4, -0.2) is 64.1 Å². The van der Waals surface area contributed by atoms with Crippen molar-refractivity contribution in [3.05, 3.63) is 78.9 Å². The Morgan fingerprint density at radius 2 is 1.49 bits per heavy atom. The van der Waals surface area contributed by atoms with Gasteiger partial charge >= 0.3 is 0 Å². The first-order valence-electron chi connectivity index (χ1n) is 11.6. The van der Waals surface area contributed by atoms with Crippen molar-refractivity contribution in [3.63, 3.8) is 0 Å². The van der Waals surface area contributed by atoms with Crippen LogP contribution in [0.2, 0.25) is 0 Å². The zero-order chi connectivity index (χ0) is 26.2. The van der Waals surface area contributed by atoms with Crippen LogP contribution in [0.15, 0.2) is 93.1 Å². The zero-order valence-electron chi connectivity index (χ0n) is 20.0. The maximum atomic E-state index is 13.2. The standard InChI is InChI=1S/C25H25N5O5S2/c1-19(31)26-20-11-13-22(14-12-20)37(34,35)29-17-15-28(16-18-29)25-27-36(32,33)24-10-6-5-9-23(24)30(25)21-7-3-2-4-8-21/h2-14H,15-18H2,1H3,(H,26,31). The molecule has 0 spiro atoms. The van der Waals surface area contributed by atoms with Crippen LogP contribution in [0.3, 0.4) is 0 Å². The van der Waals surface area contributed by atoms with Gasteiger partial charge in [0.1, 0.15) is 4.90 Å². The monoisotopic (exact) mass is 539 g/mol. The average molecular weight is 540 g/mol. The molecule has 0 radical (unpaired) electrons. The molecule has 10 nitrogen and oxygen atoms in total. The van der Waals surface area contributed by atoms with Crippen molar-refractivity contribution in [2.75, 3.05) is 36.4 Å². The second-order valence-corrected chi connectivity index (χ2v) is 12.1. The number of rotatable bonds is 4. The third-order valence-electron chi connectivity index (χ3n) is 6.13. The van der Waals surface area contributed by atoms with Gasteiger partial charge in [-0.05, 0) is 48.5 Å². The number of piperazine rings is 1. The van der Waals surface area contributed by atoms with Crippen molar-refractivity contribution in [2.45, 2.75) is 16.7 Å². The third-order valence-corrected chi connectivity index (χ3v) is 9.35. The van der Waals surface area contributed by atoms with Gasteiger partial charge in [0.15, 0.2) is 0 Å². The predicted octanol–water partition coefficient (Wildman–Crippen LogP) is 2.85. The predicted molar refractivity (Wildman–Crippen MR) is 141 cm³/mol. The summed E-state index contributed by atoms with van der Waals surface area (Å²) in [5, 5.41) is 2.62. The van der Waals surface area contributed by atoms with Crippen molar-refractivity contribution in [1.29, 1.82) is 0 Å². The number of guanidine groups is 1. The van der Waals surface area contributed by atoms with Gasteiger partial charge in [-0.25, -0.2) is 8.42 Å². The fourth-order valence-electron chi connectivity index (χ4n) is 4.39. The molecule has 0 unspecified atom stereocenters. The lowest BCUT2D eigenvalue weighted by Gasteiger charge is -2.41. The summed E-state index contributed by atoms with van der Waals surface area (Å²) in [5.74, 6) is -0.00634. The van der Waals surface area contributed by atoms with Crippen molar-refractivity contribution in [3.8, 4) is 0 Å². The van der Waals surface area contributed by atoms with Gasteiger partial charge < -0.3 is 10.2 Å². The summed E-state index contributed by atoms with van der Waals surface area (Å²) in [6.45, 7) is 2.19. The fourth-order valence-corrected chi connectivity index (χ4v) is 6.99. The van der Waals surface area contributed by atoms with E-state index in [1.165, 1.54) is 29.4 Å². The van der Waals surface area contributed by atoms with Gasteiger partial charge in [-0.2, -0.15) is 12.7 Å². The van der Waals surface area contributed by atoms with Crippen LogP contribution < -0.4 is 10.2 Å². The van der Waals surface area contributed by atoms with E-state index < -0.39 is 20.0 Å². The summed E-state index contributed by atoms with van der Waals surface area (Å²) in [7, 11) is -7.71. The Balaban J connectivity index is 1.41. The minimum Gasteiger partial charge on any atom is -0.339 e. The molecule has 3 aromatic rings. The van der Waals surface area contributed by atoms with Gasteiger partial charge in [-0.15, -0.1) is 4.40 Å². The molecule has 2 heterocycles. The lowest BCUT2D eigenvalue weighted by molar-refractivity contribution is -0.114. The maximum Gasteiger partial charge on any atom is 0.287 e. The van der Waals surface area contributed by atoms with E-state index in [1.807, 2.05) is 30.3 Å². The number of fused-ring (bicyclic) bond motifs is 1. The number of nitrogens with zero attached hydrogens (tertiary/aromatic N) is 4. The number of carbonyl (C=O) groups excluding carboxylic acids is 1. The zero-order valence-corrected chi connectivity index (χ0v) is 21.6. The molecule has 12 heteroatoms. The normalized spacial score (nSPS) is 17.6. The summed E-state index contributed by atoms with van der Waals surface area (Å²) < 4.78 is 58.1. The average Bonchev–Trinajstić information content (AvgIpc) is 2.89. The van der Waals surface area contributed by atoms with E-state index in [1.54, 1.807) is 40.1 Å². The van der Waals surface area contributed by atoms with Gasteiger partial charge in [-0.3, -0.25) is 9.69 Å². The molecule has 0 aliphatic carbocycles. The number of hydrogen-bond donors (Lipinski definition) is 1. The summed E-state index contributed by atoms with van der Waals surface area (Å²) in [6, 6.07) is 22.0. The SMILES string of the molecule is CC(=O)Nc1ccc(S(=O)(=O)N2CCN(C3=NS(=O)(=O)c4ccccc4N3c3ccccc3)CC2)cc1. The first-order chi connectivity index (χ1) is 17.7. The second kappa shape index (κ2) is 9.61. The Hall–Kier alpha value is -3.74. The molecular weight excluding hydrogens is 514 g/mol. The lowest BCUT2D eigenvalue weighted by Crippen LogP contribution is -2.54. The van der Waals surface area contributed by atoms with Crippen molar-refractivity contribution in [2.24, 2.45) is 4.40 Å². The molecule has 0 saturated carbocycles. The fraction of sp³-hybridized carbons (Fsp3) is 0.200. The first-order valence-corrected chi connectivity index (χ1v) is 14.5. The first kappa shape index (κ1) is 24.9. The van der Waals surface area contributed by atoms with E-state index in [2.05, 4.69) is 9.71 Å². The van der Waals surface area contributed by atoms with E-state index >= 15 is 0 Å². The minimum atomic E-state index is -3.94. The van der Waals surface area contributed by atoms with Crippen LogP contribution in [0.4, 0.5) is 17.1 Å². The number of anilines is 3. The highest BCUT2D eigenvalue weighted by Gasteiger charge is 2.37. The van der Waals surface area contributed by atoms with Crippen molar-refractivity contribution in [1.82, 2.24) is 9.21 Å². The van der Waals surface area contributed by atoms with Gasteiger partial charge in [0.05, 0.1) is 10.6 Å². The van der Waals surface area contributed by atoms with E-state index in [9.17, 15) is 21.6 Å². The summed E-state index contributed by atoms with van der Waals surface area (Å²) in [4.78, 5) is 15.1. The Bertz CT molecular complexity index is 1570. The topological polar surface area (TPSA) is 119 Å². The second-order valence-electron chi connectivity index (χ2n) is 8.60. The molecule has 1 fully saturated rings. The number of hydrogen-bond acceptors (Lipinski definition) is 7. The summed E-state index contributed by atoms with van der Waals surface area (Å²) in [5.41, 5.74) is 1.75. The molecule has 0 atom stereocenters. The molecule has 2 aliphatic heterocycles. The van der Waals surface area contributed by atoms with Crippen LogP contribution in [0.5, 0.6) is 0 Å². The van der Waals surface area contributed by atoms with E-state index in [-0.39, 0.29) is 47.8 Å². The van der Waals surface area contributed by atoms with E-state index in [0.717, 1.165) is 5.69 Å². The van der Waals surface area contributed by atoms with Crippen LogP contribution in [-0.2, 0) is 24.8 Å². The number of carbonyl (C=O) groups is 1. The highest BCUT2D eigenvalue weighted by Crippen LogP contribution is 2.37. The summed E-state index contributed by atoms with van der Waals surface area (Å²) in [6.07, 6.45) is 0. The van der Waals surface area contributed by atoms with Gasteiger partial charge in [0.25, 0.3) is 10.0 Å². The Morgan fingerprint density at radius 1 is 0.865 bits per heavy atom. The Kier molecular flexibility index (Phi) is 6.48. The molecule has 0 aromatic heterocycles. The molecule has 1 amide bonds. The number of nitrogens with one attached hydrogen (secondary N) is 1. The maximum absolute atomic E-state index is 13.2. The largest absolute Gasteiger partial charge is 0.339 e. The Morgan fingerprint density at radius 3 is 2.14 bits per heavy atom. The molecule has 2 aliphatic rings. The quantitative estimate of drug-likeness (QED) is 0.541. The van der Waals surface area contributed by atoms with Crippen LogP contribution >= 0.6 is 0 Å². The molecule has 0 bridgehead atoms. The van der Waals surface area contributed by atoms with E-state index in [4.69, 9.17) is 0 Å². The number of benzene rings is 3. The van der Waals surface area contributed by atoms with E-state index in [0.29, 0.717) is 11.4 Å². The number of para-hydroxylation sites is 2. The highest BCUT2D eigenvalue weighted by atomic mass is 32.2. The summed E-state index contributed by atoms with van der Waals surface area (Å²) >= 11 is 0. The van der Waals surface area contributed by atoms with Crippen LogP contribution in [0, 0.1) is 0 Å². The molecule has 5 rings (SSSR count). The molecular formula is C25H25N5O5S2. The number of amides is 1. The highest BCUT2D eigenvalue weighted by molar-refractivity contribution is 7.90. The molecule has 37 heavy (non-hydrogen) atoms. The Labute approximate surface area is 215 Å². The smallest absolute Gasteiger partial charge is 0.287 e. The third kappa shape index (κ3) is 4.82. The molecule has 3 aromatic carbocycles. The van der Waals surface area contributed by atoms with Gasteiger partial charge in [0.2, 0.25) is 21.9 Å². The minimum absolute atomic E-state index is 0.117. The number of sulfonamides is 2. The van der Waals surface area contributed by atoms with Gasteiger partial charge in [-0.1, -0.05) is 30.3 Å². The lowest BCUT2D eigenvalue weighted by atomic mass is 10.2. The van der Waals surface area contributed by atoms with Gasteiger partial charge in [0, 0.05) is 44.5 Å². The molecule has 192 valence electrons. The molecule has 1 N–H and O–H groups in total. The molecule has 1 saturated heterocycles. The van der Waals surface area contributed by atoms with Crippen molar-refractivity contribution < 1.29 is 21.6 Å².